The van der Waals surface area contributed by atoms with E-state index in [0.717, 1.165) is 51.1 Å². The third kappa shape index (κ3) is 7.04. The molecule has 0 amide bonds. The van der Waals surface area contributed by atoms with Gasteiger partial charge in [-0.25, -0.2) is 4.98 Å². The number of allylic oxidation sites excluding steroid dienone is 4. The van der Waals surface area contributed by atoms with E-state index >= 15 is 0 Å². The molecule has 4 aromatic carbocycles. The number of fused-ring (bicyclic) bond motifs is 4. The van der Waals surface area contributed by atoms with E-state index in [1.807, 2.05) is 24.4 Å². The molecule has 2 aromatic heterocycles. The molecule has 1 atom stereocenters. The van der Waals surface area contributed by atoms with Crippen molar-refractivity contribution in [1.82, 2.24) is 9.55 Å². The van der Waals surface area contributed by atoms with Gasteiger partial charge in [0.05, 0.1) is 0 Å². The van der Waals surface area contributed by atoms with Crippen LogP contribution in [0.15, 0.2) is 121 Å². The van der Waals surface area contributed by atoms with Crippen molar-refractivity contribution in [2.45, 2.75) is 74.1 Å². The summed E-state index contributed by atoms with van der Waals surface area (Å²) in [4.78, 5) is 9.43. The van der Waals surface area contributed by atoms with Gasteiger partial charge in [0.2, 0.25) is 0 Å². The van der Waals surface area contributed by atoms with Crippen LogP contribution in [-0.2, 0) is 26.5 Å². The van der Waals surface area contributed by atoms with E-state index in [1.165, 1.54) is 16.8 Å². The molecule has 8 rings (SSSR count). The van der Waals surface area contributed by atoms with Gasteiger partial charge in [-0.05, 0) is 87.2 Å². The van der Waals surface area contributed by atoms with Crippen LogP contribution >= 0.6 is 0 Å². The molecule has 0 fully saturated rings. The largest absolute Gasteiger partial charge is 0.509 e. The Morgan fingerprint density at radius 3 is 2.15 bits per heavy atom. The van der Waals surface area contributed by atoms with Crippen LogP contribution in [0.2, 0.25) is 0 Å². The summed E-state index contributed by atoms with van der Waals surface area (Å²) in [5.74, 6) is 2.54. The standard InChI is InChI=1S/C48H49N4O.Pt/c1-46(2,3)32-23-24-49-45(28-32)52-41-18-11-10-17-39(41)40-22-21-38(30-44(40)52)53-37-16-14-15-35(29-37)50-31-51(43-20-13-12-19-42(43)50)36-26-33(47(4,5)6)25-34(27-36)48(7,8)9;/h10-26,28,31,34H,27H2,1-9H3;/q-3;. The summed E-state index contributed by atoms with van der Waals surface area (Å²) in [5.41, 5.74) is 9.31. The Hall–Kier alpha value is -4.60. The minimum Gasteiger partial charge on any atom is -0.509 e. The Bertz CT molecular complexity index is 2420. The molecule has 6 aromatic rings. The van der Waals surface area contributed by atoms with E-state index in [0.29, 0.717) is 17.4 Å². The second-order valence-electron chi connectivity index (χ2n) is 17.6. The predicted octanol–water partition coefficient (Wildman–Crippen LogP) is 12.9. The topological polar surface area (TPSA) is 33.5 Å². The molecule has 3 heterocycles. The number of hydrogen-bond donors (Lipinski definition) is 0. The molecular formula is C48H49N4OPt-3. The van der Waals surface area contributed by atoms with Gasteiger partial charge in [-0.15, -0.1) is 48.1 Å². The van der Waals surface area contributed by atoms with Gasteiger partial charge in [0, 0.05) is 55.7 Å². The van der Waals surface area contributed by atoms with E-state index in [1.54, 1.807) is 0 Å². The van der Waals surface area contributed by atoms with Crippen LogP contribution in [-0.4, -0.2) is 9.55 Å². The third-order valence-electron chi connectivity index (χ3n) is 10.7. The Morgan fingerprint density at radius 1 is 0.722 bits per heavy atom. The van der Waals surface area contributed by atoms with E-state index in [-0.39, 0.29) is 37.3 Å². The number of nitrogens with zero attached hydrogens (tertiary/aromatic N) is 4. The molecule has 0 saturated heterocycles. The van der Waals surface area contributed by atoms with Crippen LogP contribution in [0.5, 0.6) is 11.5 Å². The SMILES string of the molecule is CC(C)(C)C1=CC(C(C)(C)C)CC(N2[CH-]N(c3[c-]c(Oc4[c-]c5c(cc4)c4ccccc4n5-c4cc(C(C)(C)C)ccn4)ccc3)c3ccccc32)=C1.[Pt]. The Labute approximate surface area is 335 Å². The average molecular weight is 893 g/mol. The van der Waals surface area contributed by atoms with E-state index in [2.05, 4.69) is 180 Å². The fourth-order valence-corrected chi connectivity index (χ4v) is 7.44. The first-order chi connectivity index (χ1) is 25.1. The first kappa shape index (κ1) is 37.7. The average Bonchev–Trinajstić information content (AvgIpc) is 3.67. The fraction of sp³-hybridized carbons (Fsp3) is 0.292. The van der Waals surface area contributed by atoms with Crippen molar-refractivity contribution in [3.05, 3.63) is 145 Å². The number of ether oxygens (including phenoxy) is 1. The summed E-state index contributed by atoms with van der Waals surface area (Å²) in [6, 6.07) is 38.8. The number of benzene rings is 4. The minimum absolute atomic E-state index is 0. The Balaban J connectivity index is 0.00000450. The van der Waals surface area contributed by atoms with Gasteiger partial charge in [-0.2, -0.15) is 12.1 Å². The van der Waals surface area contributed by atoms with Crippen molar-refractivity contribution in [2.24, 2.45) is 16.7 Å². The molecule has 2 aliphatic rings. The molecule has 6 heteroatoms. The smallest absolute Gasteiger partial charge is 0.135 e. The van der Waals surface area contributed by atoms with Crippen molar-refractivity contribution in [1.29, 1.82) is 0 Å². The second-order valence-corrected chi connectivity index (χ2v) is 17.6. The van der Waals surface area contributed by atoms with Crippen LogP contribution in [0.1, 0.15) is 74.3 Å². The van der Waals surface area contributed by atoms with Crippen LogP contribution in [0.4, 0.5) is 17.1 Å². The summed E-state index contributed by atoms with van der Waals surface area (Å²) >= 11 is 0. The molecule has 1 unspecified atom stereocenters. The molecule has 0 bridgehead atoms. The number of hydrogen-bond acceptors (Lipinski definition) is 4. The van der Waals surface area contributed by atoms with Gasteiger partial charge in [0.1, 0.15) is 5.82 Å². The van der Waals surface area contributed by atoms with E-state index in [4.69, 9.17) is 9.72 Å². The van der Waals surface area contributed by atoms with Crippen LogP contribution in [0.25, 0.3) is 27.6 Å². The van der Waals surface area contributed by atoms with Crippen molar-refractivity contribution in [2.75, 3.05) is 9.80 Å². The molecule has 1 aliphatic carbocycles. The number of anilines is 3. The number of aromatic nitrogens is 2. The normalized spacial score (nSPS) is 16.3. The summed E-state index contributed by atoms with van der Waals surface area (Å²) in [6.07, 6.45) is 7.78. The zero-order valence-corrected chi connectivity index (χ0v) is 35.0. The molecule has 5 nitrogen and oxygen atoms in total. The predicted molar refractivity (Wildman–Crippen MR) is 220 cm³/mol. The molecule has 1 aliphatic heterocycles. The van der Waals surface area contributed by atoms with Gasteiger partial charge < -0.3 is 19.1 Å². The Kier molecular flexibility index (Phi) is 9.72. The summed E-state index contributed by atoms with van der Waals surface area (Å²) in [7, 11) is 0. The summed E-state index contributed by atoms with van der Waals surface area (Å²) in [6.45, 7) is 22.9. The van der Waals surface area contributed by atoms with E-state index in [9.17, 15) is 0 Å². The fourth-order valence-electron chi connectivity index (χ4n) is 7.44. The van der Waals surface area contributed by atoms with Gasteiger partial charge in [0.25, 0.3) is 0 Å². The second kappa shape index (κ2) is 13.9. The van der Waals surface area contributed by atoms with E-state index < -0.39 is 0 Å². The maximum Gasteiger partial charge on any atom is 0.135 e. The maximum absolute atomic E-state index is 6.57. The molecule has 0 saturated carbocycles. The zero-order valence-electron chi connectivity index (χ0n) is 32.8. The maximum atomic E-state index is 6.57. The summed E-state index contributed by atoms with van der Waals surface area (Å²) < 4.78 is 8.76. The molecule has 0 radical (unpaired) electrons. The number of para-hydroxylation sites is 3. The first-order valence-corrected chi connectivity index (χ1v) is 18.7. The quantitative estimate of drug-likeness (QED) is 0.162. The molecule has 0 spiro atoms. The Morgan fingerprint density at radius 2 is 1.43 bits per heavy atom. The van der Waals surface area contributed by atoms with Crippen molar-refractivity contribution in [3.63, 3.8) is 0 Å². The monoisotopic (exact) mass is 892 g/mol. The van der Waals surface area contributed by atoms with Gasteiger partial charge in [-0.3, -0.25) is 0 Å². The van der Waals surface area contributed by atoms with Crippen molar-refractivity contribution in [3.8, 4) is 17.3 Å². The van der Waals surface area contributed by atoms with Crippen LogP contribution in [0, 0.1) is 35.5 Å². The first-order valence-electron chi connectivity index (χ1n) is 18.7. The molecule has 280 valence electrons. The van der Waals surface area contributed by atoms with Gasteiger partial charge >= 0.3 is 0 Å². The van der Waals surface area contributed by atoms with Crippen molar-refractivity contribution >= 4 is 38.9 Å². The van der Waals surface area contributed by atoms with Gasteiger partial charge in [0.15, 0.2) is 0 Å². The molecule has 0 N–H and O–H groups in total. The zero-order chi connectivity index (χ0) is 37.3. The van der Waals surface area contributed by atoms with Crippen molar-refractivity contribution < 1.29 is 25.8 Å². The third-order valence-corrected chi connectivity index (χ3v) is 10.7. The van der Waals surface area contributed by atoms with Gasteiger partial charge in [-0.1, -0.05) is 104 Å². The molecule has 54 heavy (non-hydrogen) atoms. The number of rotatable bonds is 5. The molecular weight excluding hydrogens is 844 g/mol. The number of pyridine rings is 1. The summed E-state index contributed by atoms with van der Waals surface area (Å²) in [5, 5.41) is 2.26. The van der Waals surface area contributed by atoms with Crippen LogP contribution < -0.4 is 14.5 Å². The van der Waals surface area contributed by atoms with Crippen LogP contribution in [0.3, 0.4) is 0 Å². The minimum atomic E-state index is -0.00574.